The minimum atomic E-state index is -3.82. The number of carboxylic acids is 1. The average Bonchev–Trinajstić information content (AvgIpc) is 3.36. The average molecular weight is 342 g/mol. The maximum Gasteiger partial charge on any atom is 0.326 e. The number of ether oxygens (including phenoxy) is 1. The molecule has 1 aromatic rings. The van der Waals surface area contributed by atoms with Crippen LogP contribution in [0.15, 0.2) is 23.1 Å². The summed E-state index contributed by atoms with van der Waals surface area (Å²) in [6, 6.07) is 2.93. The highest BCUT2D eigenvalue weighted by Gasteiger charge is 2.37. The molecule has 1 unspecified atom stereocenters. The normalized spacial score (nSPS) is 15.7. The van der Waals surface area contributed by atoms with E-state index in [0.717, 1.165) is 18.9 Å². The highest BCUT2D eigenvalue weighted by atomic mass is 32.2. The van der Waals surface area contributed by atoms with Gasteiger partial charge in [-0.25, -0.2) is 17.9 Å². The molecule has 8 nitrogen and oxygen atoms in total. The molecule has 9 heteroatoms. The number of sulfonamides is 1. The van der Waals surface area contributed by atoms with E-state index < -0.39 is 27.9 Å². The van der Waals surface area contributed by atoms with Crippen molar-refractivity contribution in [3.8, 4) is 5.75 Å². The molecule has 1 atom stereocenters. The van der Waals surface area contributed by atoms with E-state index in [1.807, 2.05) is 0 Å². The number of aliphatic carboxylic acids is 1. The number of rotatable bonds is 7. The molecule has 0 bridgehead atoms. The summed E-state index contributed by atoms with van der Waals surface area (Å²) in [5.41, 5.74) is 0.0477. The smallest absolute Gasteiger partial charge is 0.326 e. The van der Waals surface area contributed by atoms with Gasteiger partial charge in [-0.1, -0.05) is 0 Å². The molecule has 1 aromatic carbocycles. The molecule has 126 valence electrons. The van der Waals surface area contributed by atoms with Crippen molar-refractivity contribution in [1.29, 1.82) is 0 Å². The van der Waals surface area contributed by atoms with Gasteiger partial charge in [0.1, 0.15) is 16.7 Å². The van der Waals surface area contributed by atoms with Crippen molar-refractivity contribution in [3.63, 3.8) is 0 Å². The van der Waals surface area contributed by atoms with Crippen LogP contribution in [0, 0.1) is 5.92 Å². The minimum Gasteiger partial charge on any atom is -0.495 e. The number of carboxylic acid groups (broad SMARTS) is 1. The van der Waals surface area contributed by atoms with Gasteiger partial charge in [0.05, 0.1) is 7.11 Å². The first-order valence-electron chi connectivity index (χ1n) is 6.95. The molecular formula is C14H18N2O6S. The van der Waals surface area contributed by atoms with E-state index >= 15 is 0 Å². The number of nitrogens with one attached hydrogen (secondary N) is 2. The quantitative estimate of drug-likeness (QED) is 0.650. The summed E-state index contributed by atoms with van der Waals surface area (Å²) in [6.07, 6.45) is 1.50. The number of amides is 1. The number of methoxy groups -OCH3 is 1. The Hall–Kier alpha value is -2.13. The summed E-state index contributed by atoms with van der Waals surface area (Å²) in [5.74, 6) is -1.72. The van der Waals surface area contributed by atoms with E-state index in [4.69, 9.17) is 9.84 Å². The van der Waals surface area contributed by atoms with Crippen molar-refractivity contribution in [3.05, 3.63) is 23.8 Å². The zero-order valence-electron chi connectivity index (χ0n) is 12.7. The Balaban J connectivity index is 2.30. The molecule has 3 N–H and O–H groups in total. The highest BCUT2D eigenvalue weighted by molar-refractivity contribution is 7.89. The largest absolute Gasteiger partial charge is 0.495 e. The van der Waals surface area contributed by atoms with E-state index in [1.165, 1.54) is 26.3 Å². The lowest BCUT2D eigenvalue weighted by Crippen LogP contribution is -2.42. The molecule has 23 heavy (non-hydrogen) atoms. The summed E-state index contributed by atoms with van der Waals surface area (Å²) in [7, 11) is -1.26. The van der Waals surface area contributed by atoms with Gasteiger partial charge in [-0.2, -0.15) is 0 Å². The van der Waals surface area contributed by atoms with Crippen molar-refractivity contribution >= 4 is 21.9 Å². The van der Waals surface area contributed by atoms with E-state index in [9.17, 15) is 18.0 Å². The third-order valence-electron chi connectivity index (χ3n) is 3.63. The van der Waals surface area contributed by atoms with Crippen molar-refractivity contribution in [2.45, 2.75) is 23.8 Å². The maximum atomic E-state index is 12.2. The molecule has 0 aromatic heterocycles. The standard InChI is InChI=1S/C14H18N2O6S/c1-15-23(20,21)11-7-9(5-6-10(11)22-2)13(17)16-12(14(18)19)8-3-4-8/h5-8,12,15H,3-4H2,1-2H3,(H,16,17)(H,18,19). The van der Waals surface area contributed by atoms with Gasteiger partial charge >= 0.3 is 5.97 Å². The third-order valence-corrected chi connectivity index (χ3v) is 5.07. The molecular weight excluding hydrogens is 324 g/mol. The molecule has 0 spiro atoms. The van der Waals surface area contributed by atoms with Crippen molar-refractivity contribution in [2.24, 2.45) is 5.92 Å². The number of benzene rings is 1. The van der Waals surface area contributed by atoms with Crippen LogP contribution < -0.4 is 14.8 Å². The number of carbonyl (C=O) groups excluding carboxylic acids is 1. The van der Waals surface area contributed by atoms with Crippen LogP contribution in [0.1, 0.15) is 23.2 Å². The number of carbonyl (C=O) groups is 2. The Labute approximate surface area is 133 Å². The summed E-state index contributed by atoms with van der Waals surface area (Å²) in [6.45, 7) is 0. The fourth-order valence-corrected chi connectivity index (χ4v) is 3.09. The van der Waals surface area contributed by atoms with Crippen molar-refractivity contribution in [1.82, 2.24) is 10.0 Å². The lowest BCUT2D eigenvalue weighted by Gasteiger charge is -2.15. The van der Waals surface area contributed by atoms with Crippen molar-refractivity contribution in [2.75, 3.05) is 14.2 Å². The second-order valence-electron chi connectivity index (χ2n) is 5.20. The second-order valence-corrected chi connectivity index (χ2v) is 7.05. The van der Waals surface area contributed by atoms with Gasteiger partial charge in [-0.3, -0.25) is 4.79 Å². The SMILES string of the molecule is CNS(=O)(=O)c1cc(C(=O)NC(C(=O)O)C2CC2)ccc1OC. The van der Waals surface area contributed by atoms with Gasteiger partial charge in [-0.15, -0.1) is 0 Å². The van der Waals surface area contributed by atoms with Crippen LogP contribution in [0.2, 0.25) is 0 Å². The number of hydrogen-bond acceptors (Lipinski definition) is 5. The first-order valence-corrected chi connectivity index (χ1v) is 8.43. The van der Waals surface area contributed by atoms with Crippen molar-refractivity contribution < 1.29 is 27.9 Å². The monoisotopic (exact) mass is 342 g/mol. The van der Waals surface area contributed by atoms with Crippen LogP contribution in [0.25, 0.3) is 0 Å². The Morgan fingerprint density at radius 1 is 1.35 bits per heavy atom. The van der Waals surface area contributed by atoms with E-state index in [0.29, 0.717) is 0 Å². The topological polar surface area (TPSA) is 122 Å². The molecule has 0 radical (unpaired) electrons. The summed E-state index contributed by atoms with van der Waals surface area (Å²) >= 11 is 0. The van der Waals surface area contributed by atoms with Crippen LogP contribution in [-0.2, 0) is 14.8 Å². The van der Waals surface area contributed by atoms with Gasteiger partial charge in [0.15, 0.2) is 0 Å². The van der Waals surface area contributed by atoms with Crippen LogP contribution in [-0.4, -0.2) is 45.6 Å². The fourth-order valence-electron chi connectivity index (χ4n) is 2.17. The summed E-state index contributed by atoms with van der Waals surface area (Å²) < 4.78 is 31.1. The molecule has 1 saturated carbocycles. The Morgan fingerprint density at radius 2 is 2.00 bits per heavy atom. The van der Waals surface area contributed by atoms with E-state index in [-0.39, 0.29) is 22.1 Å². The molecule has 0 saturated heterocycles. The zero-order valence-corrected chi connectivity index (χ0v) is 13.5. The van der Waals surface area contributed by atoms with Gasteiger partial charge in [0.25, 0.3) is 5.91 Å². The molecule has 0 aliphatic heterocycles. The molecule has 2 rings (SSSR count). The van der Waals surface area contributed by atoms with Gasteiger partial charge in [0, 0.05) is 5.56 Å². The summed E-state index contributed by atoms with van der Waals surface area (Å²) in [5, 5.41) is 11.6. The molecule has 1 aliphatic carbocycles. The van der Waals surface area contributed by atoms with Gasteiger partial charge < -0.3 is 15.2 Å². The molecule has 1 aliphatic rings. The van der Waals surface area contributed by atoms with Crippen LogP contribution in [0.5, 0.6) is 5.75 Å². The summed E-state index contributed by atoms with van der Waals surface area (Å²) in [4.78, 5) is 23.2. The predicted molar refractivity (Wildman–Crippen MR) is 80.9 cm³/mol. The molecule has 1 fully saturated rings. The van der Waals surface area contributed by atoms with Gasteiger partial charge in [-0.05, 0) is 44.0 Å². The lowest BCUT2D eigenvalue weighted by atomic mass is 10.1. The van der Waals surface area contributed by atoms with Crippen LogP contribution >= 0.6 is 0 Å². The maximum absolute atomic E-state index is 12.2. The lowest BCUT2D eigenvalue weighted by molar-refractivity contribution is -0.139. The third kappa shape index (κ3) is 3.80. The first kappa shape index (κ1) is 17.2. The molecule has 1 amide bonds. The Kier molecular flexibility index (Phi) is 4.90. The fraction of sp³-hybridized carbons (Fsp3) is 0.429. The van der Waals surface area contributed by atoms with Crippen LogP contribution in [0.3, 0.4) is 0 Å². The van der Waals surface area contributed by atoms with Crippen LogP contribution in [0.4, 0.5) is 0 Å². The highest BCUT2D eigenvalue weighted by Crippen LogP contribution is 2.33. The minimum absolute atomic E-state index is 0.0477. The van der Waals surface area contributed by atoms with E-state index in [2.05, 4.69) is 10.0 Å². The predicted octanol–water partition coefficient (Wildman–Crippen LogP) is 0.196. The zero-order chi connectivity index (χ0) is 17.2. The first-order chi connectivity index (χ1) is 10.8. The molecule has 0 heterocycles. The number of hydrogen-bond donors (Lipinski definition) is 3. The van der Waals surface area contributed by atoms with E-state index in [1.54, 1.807) is 0 Å². The second kappa shape index (κ2) is 6.55. The Morgan fingerprint density at radius 3 is 2.48 bits per heavy atom. The van der Waals surface area contributed by atoms with Gasteiger partial charge in [0.2, 0.25) is 10.0 Å². The Bertz CT molecular complexity index is 727.